The third-order valence-corrected chi connectivity index (χ3v) is 10.0. The first-order valence-corrected chi connectivity index (χ1v) is 17.2. The molecule has 48 heavy (non-hydrogen) atoms. The van der Waals surface area contributed by atoms with Gasteiger partial charge in [-0.3, -0.25) is 14.5 Å². The minimum atomic E-state index is -0.322. The molecule has 6 nitrogen and oxygen atoms in total. The highest BCUT2D eigenvalue weighted by Gasteiger charge is 2.37. The SMILES string of the molecule is CCOC(=O)c1ccc(-c2ccc(OCCCCCN3C(=O)c4ccccc4C3=O)c(-c3ccc4c(c3)C(C)(C)CCC4(C)C)c2)cc1. The first-order chi connectivity index (χ1) is 23.0. The minimum absolute atomic E-state index is 0.0713. The summed E-state index contributed by atoms with van der Waals surface area (Å²) in [6.07, 6.45) is 4.64. The van der Waals surface area contributed by atoms with Gasteiger partial charge >= 0.3 is 5.97 Å². The lowest BCUT2D eigenvalue weighted by Crippen LogP contribution is -2.33. The van der Waals surface area contributed by atoms with Gasteiger partial charge in [0.2, 0.25) is 0 Å². The van der Waals surface area contributed by atoms with Crippen molar-refractivity contribution in [2.75, 3.05) is 19.8 Å². The molecule has 0 fully saturated rings. The van der Waals surface area contributed by atoms with Crippen molar-refractivity contribution >= 4 is 17.8 Å². The van der Waals surface area contributed by atoms with Crippen molar-refractivity contribution in [2.24, 2.45) is 0 Å². The molecule has 0 atom stereocenters. The number of rotatable bonds is 11. The van der Waals surface area contributed by atoms with Gasteiger partial charge in [-0.05, 0) is 114 Å². The lowest BCUT2D eigenvalue weighted by molar-refractivity contribution is 0.0525. The predicted molar refractivity (Wildman–Crippen MR) is 190 cm³/mol. The molecule has 2 aliphatic rings. The summed E-state index contributed by atoms with van der Waals surface area (Å²) in [6, 6.07) is 27.7. The third-order valence-electron chi connectivity index (χ3n) is 10.0. The van der Waals surface area contributed by atoms with Crippen LogP contribution >= 0.6 is 0 Å². The van der Waals surface area contributed by atoms with Gasteiger partial charge in [0.25, 0.3) is 11.8 Å². The van der Waals surface area contributed by atoms with Crippen LogP contribution in [0.5, 0.6) is 5.75 Å². The van der Waals surface area contributed by atoms with Crippen LogP contribution < -0.4 is 4.74 Å². The standard InChI is InChI=1S/C42H45NO5/c1-6-47-40(46)29-16-14-28(15-17-29)30-19-21-37(34(26-30)31-18-20-35-36(27-31)42(4,5)23-22-41(35,2)3)48-25-11-7-10-24-43-38(44)32-12-8-9-13-33(32)39(43)45/h8-9,12-21,26-27H,6-7,10-11,22-25H2,1-5H3. The highest BCUT2D eigenvalue weighted by atomic mass is 16.5. The van der Waals surface area contributed by atoms with Crippen molar-refractivity contribution in [3.63, 3.8) is 0 Å². The van der Waals surface area contributed by atoms with Crippen LogP contribution in [0.1, 0.15) is 109 Å². The van der Waals surface area contributed by atoms with Crippen molar-refractivity contribution in [1.82, 2.24) is 4.90 Å². The second-order valence-electron chi connectivity index (χ2n) is 14.3. The van der Waals surface area contributed by atoms with Crippen LogP contribution in [0.15, 0.2) is 84.9 Å². The van der Waals surface area contributed by atoms with Crippen LogP contribution in [0.3, 0.4) is 0 Å². The fourth-order valence-electron chi connectivity index (χ4n) is 7.00. The number of fused-ring (bicyclic) bond motifs is 2. The van der Waals surface area contributed by atoms with Gasteiger partial charge in [-0.1, -0.05) is 76.2 Å². The van der Waals surface area contributed by atoms with Crippen LogP contribution in [-0.2, 0) is 15.6 Å². The van der Waals surface area contributed by atoms with Crippen molar-refractivity contribution in [3.8, 4) is 28.0 Å². The lowest BCUT2D eigenvalue weighted by Gasteiger charge is -2.42. The summed E-state index contributed by atoms with van der Waals surface area (Å²) < 4.78 is 11.6. The molecule has 0 saturated carbocycles. The van der Waals surface area contributed by atoms with Gasteiger partial charge in [0.1, 0.15) is 5.75 Å². The predicted octanol–water partition coefficient (Wildman–Crippen LogP) is 9.39. The van der Waals surface area contributed by atoms with Crippen molar-refractivity contribution in [1.29, 1.82) is 0 Å². The van der Waals surface area contributed by atoms with Gasteiger partial charge in [0, 0.05) is 12.1 Å². The maximum Gasteiger partial charge on any atom is 0.338 e. The van der Waals surface area contributed by atoms with E-state index in [1.54, 1.807) is 31.2 Å². The minimum Gasteiger partial charge on any atom is -0.493 e. The largest absolute Gasteiger partial charge is 0.493 e. The molecule has 1 aliphatic heterocycles. The van der Waals surface area contributed by atoms with Crippen molar-refractivity contribution in [3.05, 3.63) is 113 Å². The molecular weight excluding hydrogens is 598 g/mol. The Labute approximate surface area is 284 Å². The molecule has 0 bridgehead atoms. The Kier molecular flexibility index (Phi) is 9.28. The fraction of sp³-hybridized carbons (Fsp3) is 0.357. The van der Waals surface area contributed by atoms with Gasteiger partial charge in [-0.25, -0.2) is 4.79 Å². The van der Waals surface area contributed by atoms with E-state index in [0.717, 1.165) is 60.1 Å². The van der Waals surface area contributed by atoms with E-state index in [9.17, 15) is 14.4 Å². The number of carbonyl (C=O) groups excluding carboxylic acids is 3. The summed E-state index contributed by atoms with van der Waals surface area (Å²) in [5, 5.41) is 0. The average Bonchev–Trinajstić information content (AvgIpc) is 3.33. The first kappa shape index (κ1) is 33.2. The summed E-state index contributed by atoms with van der Waals surface area (Å²) in [7, 11) is 0. The van der Waals surface area contributed by atoms with Gasteiger partial charge in [0.15, 0.2) is 0 Å². The second-order valence-corrected chi connectivity index (χ2v) is 14.3. The van der Waals surface area contributed by atoms with E-state index >= 15 is 0 Å². The molecule has 6 rings (SSSR count). The second kappa shape index (κ2) is 13.4. The Morgan fingerprint density at radius 2 is 1.31 bits per heavy atom. The number of imide groups is 1. The number of carbonyl (C=O) groups is 3. The summed E-state index contributed by atoms with van der Waals surface area (Å²) in [6.45, 7) is 12.4. The average molecular weight is 644 g/mol. The highest BCUT2D eigenvalue weighted by molar-refractivity contribution is 6.21. The fourth-order valence-corrected chi connectivity index (χ4v) is 7.00. The number of unbranched alkanes of at least 4 members (excludes halogenated alkanes) is 2. The molecule has 0 N–H and O–H groups in total. The molecule has 0 aromatic heterocycles. The molecule has 0 saturated heterocycles. The Bertz CT molecular complexity index is 1820. The molecule has 6 heteroatoms. The highest BCUT2D eigenvalue weighted by Crippen LogP contribution is 2.47. The van der Waals surface area contributed by atoms with E-state index in [1.807, 2.05) is 30.3 Å². The summed E-state index contributed by atoms with van der Waals surface area (Å²) in [5.74, 6) is 0.0827. The number of nitrogens with zero attached hydrogens (tertiary/aromatic N) is 1. The smallest absolute Gasteiger partial charge is 0.338 e. The van der Waals surface area contributed by atoms with Gasteiger partial charge in [-0.15, -0.1) is 0 Å². The summed E-state index contributed by atoms with van der Waals surface area (Å²) in [4.78, 5) is 39.0. The molecule has 1 aliphatic carbocycles. The zero-order valence-corrected chi connectivity index (χ0v) is 28.7. The summed E-state index contributed by atoms with van der Waals surface area (Å²) >= 11 is 0. The van der Waals surface area contributed by atoms with Crippen LogP contribution in [0, 0.1) is 0 Å². The van der Waals surface area contributed by atoms with Crippen molar-refractivity contribution in [2.45, 2.75) is 77.6 Å². The number of hydrogen-bond donors (Lipinski definition) is 0. The lowest BCUT2D eigenvalue weighted by atomic mass is 9.63. The van der Waals surface area contributed by atoms with Crippen molar-refractivity contribution < 1.29 is 23.9 Å². The molecule has 0 spiro atoms. The van der Waals surface area contributed by atoms with Gasteiger partial charge < -0.3 is 9.47 Å². The molecular formula is C42H45NO5. The van der Waals surface area contributed by atoms with Crippen LogP contribution in [0.25, 0.3) is 22.3 Å². The van der Waals surface area contributed by atoms with Crippen LogP contribution in [0.2, 0.25) is 0 Å². The zero-order valence-electron chi connectivity index (χ0n) is 28.7. The van der Waals surface area contributed by atoms with E-state index in [4.69, 9.17) is 9.47 Å². The Balaban J connectivity index is 1.20. The molecule has 2 amide bonds. The molecule has 4 aromatic carbocycles. The normalized spacial score (nSPS) is 16.0. The van der Waals surface area contributed by atoms with E-state index in [1.165, 1.54) is 16.0 Å². The molecule has 1 heterocycles. The monoisotopic (exact) mass is 643 g/mol. The number of amides is 2. The number of esters is 1. The van der Waals surface area contributed by atoms with E-state index < -0.39 is 0 Å². The summed E-state index contributed by atoms with van der Waals surface area (Å²) in [5.41, 5.74) is 8.68. The maximum absolute atomic E-state index is 12.7. The molecule has 0 radical (unpaired) electrons. The number of benzene rings is 4. The van der Waals surface area contributed by atoms with Crippen LogP contribution in [-0.4, -0.2) is 42.4 Å². The topological polar surface area (TPSA) is 72.9 Å². The molecule has 4 aromatic rings. The Morgan fingerprint density at radius 3 is 1.98 bits per heavy atom. The molecule has 248 valence electrons. The number of hydrogen-bond acceptors (Lipinski definition) is 5. The zero-order chi connectivity index (χ0) is 34.1. The Morgan fingerprint density at radius 1 is 0.688 bits per heavy atom. The van der Waals surface area contributed by atoms with Gasteiger partial charge in [-0.2, -0.15) is 0 Å². The first-order valence-electron chi connectivity index (χ1n) is 17.2. The van der Waals surface area contributed by atoms with E-state index in [0.29, 0.717) is 36.4 Å². The van der Waals surface area contributed by atoms with E-state index in [2.05, 4.69) is 58.0 Å². The quantitative estimate of drug-likeness (QED) is 0.0925. The van der Waals surface area contributed by atoms with Gasteiger partial charge in [0.05, 0.1) is 29.9 Å². The van der Waals surface area contributed by atoms with E-state index in [-0.39, 0.29) is 28.6 Å². The maximum atomic E-state index is 12.7. The Hall–Kier alpha value is -4.71. The molecule has 0 unspecified atom stereocenters. The van der Waals surface area contributed by atoms with Crippen LogP contribution in [0.4, 0.5) is 0 Å². The number of ether oxygens (including phenoxy) is 2. The third kappa shape index (κ3) is 6.53.